The van der Waals surface area contributed by atoms with Crippen molar-refractivity contribution in [2.45, 2.75) is 24.9 Å². The summed E-state index contributed by atoms with van der Waals surface area (Å²) in [7, 11) is -4.67. The monoisotopic (exact) mass is 387 g/mol. The Morgan fingerprint density at radius 1 is 1.52 bits per heavy atom. The normalized spacial score (nSPS) is 26.1. The molecule has 2 heterocycles. The molecule has 12 heteroatoms. The summed E-state index contributed by atoms with van der Waals surface area (Å²) in [6.45, 7) is -0.523. The molecule has 0 bridgehead atoms. The van der Waals surface area contributed by atoms with E-state index in [-0.39, 0.29) is 10.9 Å². The van der Waals surface area contributed by atoms with Gasteiger partial charge in [-0.2, -0.15) is 0 Å². The van der Waals surface area contributed by atoms with E-state index in [0.717, 1.165) is 4.57 Å². The van der Waals surface area contributed by atoms with Crippen molar-refractivity contribution in [3.63, 3.8) is 0 Å². The van der Waals surface area contributed by atoms with E-state index in [4.69, 9.17) is 14.5 Å². The third-order valence-electron chi connectivity index (χ3n) is 2.86. The summed E-state index contributed by atoms with van der Waals surface area (Å²) in [5.74, 6) is 0. The molecule has 2 rings (SSSR count). The first-order valence-electron chi connectivity index (χ1n) is 5.73. The van der Waals surface area contributed by atoms with Crippen LogP contribution in [0.3, 0.4) is 0 Å². The topological polar surface area (TPSA) is 151 Å². The number of aromatic nitrogens is 2. The van der Waals surface area contributed by atoms with Crippen molar-refractivity contribution in [3.8, 4) is 0 Å². The number of hydrogen-bond acceptors (Lipinski definition) is 6. The molecule has 3 atom stereocenters. The Morgan fingerprint density at radius 3 is 2.81 bits per heavy atom. The molecule has 0 unspecified atom stereocenters. The molecule has 1 fully saturated rings. The molecule has 117 valence electrons. The quantitative estimate of drug-likeness (QED) is 0.318. The molecule has 0 spiro atoms. The fraction of sp³-hybridized carbons (Fsp3) is 0.556. The number of H-pyrrole nitrogens is 1. The SMILES string of the molecule is O=c1[nH]c(=O)n([C@H]2C[C@H](O)[C@@H](COP(=O)(O)O)O2)cc1[Se]. The Labute approximate surface area is 125 Å². The van der Waals surface area contributed by atoms with Gasteiger partial charge in [-0.3, -0.25) is 0 Å². The van der Waals surface area contributed by atoms with Gasteiger partial charge in [-0.1, -0.05) is 0 Å². The number of aliphatic hydroxyl groups excluding tert-OH is 1. The van der Waals surface area contributed by atoms with E-state index in [1.54, 1.807) is 0 Å². The van der Waals surface area contributed by atoms with E-state index < -0.39 is 44.1 Å². The molecule has 10 nitrogen and oxygen atoms in total. The van der Waals surface area contributed by atoms with Crippen LogP contribution in [0.4, 0.5) is 0 Å². The zero-order chi connectivity index (χ0) is 15.8. The second-order valence-electron chi connectivity index (χ2n) is 4.38. The van der Waals surface area contributed by atoms with Gasteiger partial charge in [0.2, 0.25) is 0 Å². The number of ether oxygens (including phenoxy) is 1. The molecule has 21 heavy (non-hydrogen) atoms. The Hall–Kier alpha value is -0.771. The number of hydrogen-bond donors (Lipinski definition) is 4. The van der Waals surface area contributed by atoms with E-state index in [1.807, 2.05) is 0 Å². The fourth-order valence-electron chi connectivity index (χ4n) is 1.89. The van der Waals surface area contributed by atoms with Crippen LogP contribution in [-0.4, -0.2) is 59.3 Å². The molecule has 1 radical (unpaired) electrons. The number of nitrogens with one attached hydrogen (secondary N) is 1. The summed E-state index contributed by atoms with van der Waals surface area (Å²) >= 11 is 2.48. The molecular formula is C9H12N2O8PSe. The summed E-state index contributed by atoms with van der Waals surface area (Å²) in [6, 6.07) is 0. The molecule has 0 aliphatic carbocycles. The van der Waals surface area contributed by atoms with Crippen molar-refractivity contribution < 1.29 is 28.7 Å². The van der Waals surface area contributed by atoms with Crippen LogP contribution in [-0.2, 0) is 13.8 Å². The van der Waals surface area contributed by atoms with Crippen LogP contribution in [0.5, 0.6) is 0 Å². The van der Waals surface area contributed by atoms with E-state index >= 15 is 0 Å². The maximum absolute atomic E-state index is 11.7. The first-order valence-corrected chi connectivity index (χ1v) is 8.12. The molecule has 4 N–H and O–H groups in total. The van der Waals surface area contributed by atoms with Crippen LogP contribution >= 0.6 is 7.82 Å². The number of phosphoric acid groups is 1. The van der Waals surface area contributed by atoms with Gasteiger partial charge in [0.15, 0.2) is 0 Å². The Balaban J connectivity index is 2.14. The van der Waals surface area contributed by atoms with Gasteiger partial charge >= 0.3 is 125 Å². The third-order valence-corrected chi connectivity index (χ3v) is 3.95. The standard InChI is InChI=1S/C9H12N2O8PSe/c12-4-1-7(19-5(4)3-18-20(15,16)17)11-2-6(21)8(13)10-9(11)14/h2,4-5,7,12H,1,3H2,(H,10,13,14)(H2,15,16,17)/t4-,5+,7+/m0/s1. The van der Waals surface area contributed by atoms with Crippen LogP contribution in [0.25, 0.3) is 0 Å². The van der Waals surface area contributed by atoms with E-state index in [1.165, 1.54) is 6.20 Å². The second kappa shape index (κ2) is 6.15. The predicted molar refractivity (Wildman–Crippen MR) is 69.2 cm³/mol. The van der Waals surface area contributed by atoms with Crippen molar-refractivity contribution in [1.29, 1.82) is 0 Å². The first kappa shape index (κ1) is 16.6. The van der Waals surface area contributed by atoms with E-state index in [9.17, 15) is 19.3 Å². The molecule has 1 aromatic rings. The van der Waals surface area contributed by atoms with Crippen molar-refractivity contribution in [2.24, 2.45) is 0 Å². The minimum absolute atomic E-state index is 0.0145. The van der Waals surface area contributed by atoms with Crippen LogP contribution in [0.2, 0.25) is 0 Å². The average Bonchev–Trinajstić information content (AvgIpc) is 2.72. The van der Waals surface area contributed by atoms with Crippen LogP contribution in [0, 0.1) is 0 Å². The molecular weight excluding hydrogens is 374 g/mol. The van der Waals surface area contributed by atoms with E-state index in [0.29, 0.717) is 0 Å². The molecule has 1 aromatic heterocycles. The van der Waals surface area contributed by atoms with Crippen LogP contribution in [0.1, 0.15) is 12.6 Å². The van der Waals surface area contributed by atoms with Crippen molar-refractivity contribution in [1.82, 2.24) is 9.55 Å². The summed E-state index contributed by atoms with van der Waals surface area (Å²) < 4.78 is 21.5. The molecule has 0 saturated carbocycles. The molecule has 1 saturated heterocycles. The summed E-state index contributed by atoms with van der Waals surface area (Å²) in [6.07, 6.45) is -1.68. The third kappa shape index (κ3) is 4.12. The summed E-state index contributed by atoms with van der Waals surface area (Å²) in [5.41, 5.74) is -1.29. The summed E-state index contributed by atoms with van der Waals surface area (Å²) in [5, 5.41) is 9.78. The van der Waals surface area contributed by atoms with Gasteiger partial charge < -0.3 is 0 Å². The molecule has 1 aliphatic heterocycles. The van der Waals surface area contributed by atoms with E-state index in [2.05, 4.69) is 25.5 Å². The van der Waals surface area contributed by atoms with Crippen LogP contribution < -0.4 is 15.7 Å². The minimum atomic E-state index is -4.67. The zero-order valence-electron chi connectivity index (χ0n) is 10.4. The zero-order valence-corrected chi connectivity index (χ0v) is 13.0. The van der Waals surface area contributed by atoms with Gasteiger partial charge in [-0.15, -0.1) is 0 Å². The van der Waals surface area contributed by atoms with Gasteiger partial charge in [0.05, 0.1) is 0 Å². The predicted octanol–water partition coefficient (Wildman–Crippen LogP) is -2.91. The van der Waals surface area contributed by atoms with Crippen molar-refractivity contribution in [3.05, 3.63) is 27.0 Å². The Bertz CT molecular complexity index is 681. The Morgan fingerprint density at radius 2 is 2.19 bits per heavy atom. The van der Waals surface area contributed by atoms with Gasteiger partial charge in [0.25, 0.3) is 0 Å². The molecule has 1 aliphatic rings. The molecule has 0 aromatic carbocycles. The van der Waals surface area contributed by atoms with Gasteiger partial charge in [0, 0.05) is 0 Å². The number of nitrogens with zero attached hydrogens (tertiary/aromatic N) is 1. The number of aromatic amines is 1. The number of rotatable bonds is 4. The van der Waals surface area contributed by atoms with Crippen molar-refractivity contribution >= 4 is 28.3 Å². The fourth-order valence-corrected chi connectivity index (χ4v) is 2.57. The van der Waals surface area contributed by atoms with Gasteiger partial charge in [0.1, 0.15) is 0 Å². The average molecular weight is 386 g/mol. The van der Waals surface area contributed by atoms with Crippen molar-refractivity contribution in [2.75, 3.05) is 6.61 Å². The number of phosphoric ester groups is 1. The number of aliphatic hydroxyl groups is 1. The first-order chi connectivity index (χ1) is 9.67. The van der Waals surface area contributed by atoms with Gasteiger partial charge in [-0.05, 0) is 0 Å². The molecule has 0 amide bonds. The Kier molecular flexibility index (Phi) is 4.86. The second-order valence-corrected chi connectivity index (χ2v) is 6.54. The summed E-state index contributed by atoms with van der Waals surface area (Å²) in [4.78, 5) is 42.2. The van der Waals surface area contributed by atoms with Crippen LogP contribution in [0.15, 0.2) is 15.8 Å². The van der Waals surface area contributed by atoms with Gasteiger partial charge in [-0.25, -0.2) is 0 Å². The maximum atomic E-state index is 11.7.